The second kappa shape index (κ2) is 13.6. The van der Waals surface area contributed by atoms with Crippen LogP contribution < -0.4 is 21.3 Å². The molecule has 264 valence electrons. The number of phenols is 2. The number of carbonyl (C=O) groups is 3. The number of benzene rings is 6. The van der Waals surface area contributed by atoms with Crippen LogP contribution in [0.15, 0.2) is 119 Å². The normalized spacial score (nSPS) is 11.6. The van der Waals surface area contributed by atoms with Crippen molar-refractivity contribution in [2.45, 2.75) is 9.79 Å². The summed E-state index contributed by atoms with van der Waals surface area (Å²) < 4.78 is 67.9. The van der Waals surface area contributed by atoms with Gasteiger partial charge in [0.2, 0.25) is 0 Å². The van der Waals surface area contributed by atoms with E-state index in [0.717, 1.165) is 12.1 Å². The summed E-state index contributed by atoms with van der Waals surface area (Å²) in [5.41, 5.74) is -0.196. The van der Waals surface area contributed by atoms with Gasteiger partial charge >= 0.3 is 6.03 Å². The van der Waals surface area contributed by atoms with E-state index in [1.165, 1.54) is 97.1 Å². The Hall–Kier alpha value is -6.53. The molecule has 17 heteroatoms. The average Bonchev–Trinajstić information content (AvgIpc) is 3.06. The van der Waals surface area contributed by atoms with Crippen molar-refractivity contribution in [1.82, 2.24) is 0 Å². The van der Waals surface area contributed by atoms with Crippen molar-refractivity contribution in [3.8, 4) is 11.5 Å². The third-order valence-corrected chi connectivity index (χ3v) is 9.45. The smallest absolute Gasteiger partial charge is 0.323 e. The van der Waals surface area contributed by atoms with Gasteiger partial charge < -0.3 is 31.5 Å². The van der Waals surface area contributed by atoms with E-state index in [0.29, 0.717) is 21.5 Å². The number of carbonyl (C=O) groups excluding carboxylic acids is 3. The summed E-state index contributed by atoms with van der Waals surface area (Å²) in [4.78, 5) is 38.1. The van der Waals surface area contributed by atoms with Gasteiger partial charge in [0.25, 0.3) is 32.1 Å². The molecule has 0 radical (unpaired) electrons. The van der Waals surface area contributed by atoms with Crippen molar-refractivity contribution in [2.75, 3.05) is 21.3 Å². The molecule has 0 heterocycles. The number of hydrogen-bond donors (Lipinski definition) is 8. The molecule has 0 bridgehead atoms. The first-order valence-corrected chi connectivity index (χ1v) is 17.8. The van der Waals surface area contributed by atoms with E-state index in [1.54, 1.807) is 0 Å². The van der Waals surface area contributed by atoms with E-state index in [4.69, 9.17) is 0 Å². The summed E-state index contributed by atoms with van der Waals surface area (Å²) in [5.74, 6) is -1.77. The van der Waals surface area contributed by atoms with Crippen LogP contribution in [0.25, 0.3) is 21.5 Å². The van der Waals surface area contributed by atoms with Crippen molar-refractivity contribution in [3.05, 3.63) is 120 Å². The minimum Gasteiger partial charge on any atom is -0.508 e. The first-order chi connectivity index (χ1) is 24.5. The zero-order valence-electron chi connectivity index (χ0n) is 26.4. The number of fused-ring (bicyclic) bond motifs is 2. The largest absolute Gasteiger partial charge is 0.508 e. The first kappa shape index (κ1) is 35.3. The van der Waals surface area contributed by atoms with Crippen LogP contribution in [0.3, 0.4) is 0 Å². The van der Waals surface area contributed by atoms with Gasteiger partial charge in [0.1, 0.15) is 21.3 Å². The molecule has 0 aliphatic rings. The molecule has 15 nitrogen and oxygen atoms in total. The second-order valence-corrected chi connectivity index (χ2v) is 14.1. The molecular formula is C35H26N4O11S2. The Kier molecular flexibility index (Phi) is 9.26. The molecule has 6 aromatic rings. The molecule has 0 atom stereocenters. The van der Waals surface area contributed by atoms with Gasteiger partial charge in [-0.05, 0) is 106 Å². The van der Waals surface area contributed by atoms with Crippen LogP contribution in [0, 0.1) is 0 Å². The minimum atomic E-state index is -4.77. The summed E-state index contributed by atoms with van der Waals surface area (Å²) in [5, 5.41) is 31.1. The Morgan fingerprint density at radius 3 is 1.25 bits per heavy atom. The molecule has 52 heavy (non-hydrogen) atoms. The summed E-state index contributed by atoms with van der Waals surface area (Å²) in [6.45, 7) is 0. The predicted octanol–water partition coefficient (Wildman–Crippen LogP) is 6.05. The highest BCUT2D eigenvalue weighted by Crippen LogP contribution is 2.32. The third-order valence-electron chi connectivity index (χ3n) is 7.66. The SMILES string of the molecule is O=C(Nc1cccc(C(=O)Nc2cc3cc(O)ccc3cc2S(=O)(=O)O)c1)Nc1cccc(C(=O)Nc2cc3cc(O)ccc3cc2S(=O)(=O)O)c1. The van der Waals surface area contributed by atoms with E-state index in [2.05, 4.69) is 21.3 Å². The van der Waals surface area contributed by atoms with Gasteiger partial charge in [-0.1, -0.05) is 24.3 Å². The van der Waals surface area contributed by atoms with E-state index >= 15 is 0 Å². The summed E-state index contributed by atoms with van der Waals surface area (Å²) >= 11 is 0. The maximum atomic E-state index is 13.2. The molecule has 0 aliphatic heterocycles. The lowest BCUT2D eigenvalue weighted by molar-refractivity contribution is 0.101. The Bertz CT molecular complexity index is 2500. The molecule has 0 spiro atoms. The van der Waals surface area contributed by atoms with Gasteiger partial charge in [0.05, 0.1) is 11.4 Å². The zero-order chi connectivity index (χ0) is 37.4. The highest BCUT2D eigenvalue weighted by atomic mass is 32.2. The van der Waals surface area contributed by atoms with Gasteiger partial charge in [-0.2, -0.15) is 16.8 Å². The summed E-state index contributed by atoms with van der Waals surface area (Å²) in [6.07, 6.45) is 0. The predicted molar refractivity (Wildman–Crippen MR) is 192 cm³/mol. The van der Waals surface area contributed by atoms with Crippen molar-refractivity contribution in [2.24, 2.45) is 0 Å². The fourth-order valence-corrected chi connectivity index (χ4v) is 6.64. The van der Waals surface area contributed by atoms with Crippen LogP contribution in [0.2, 0.25) is 0 Å². The fourth-order valence-electron chi connectivity index (χ4n) is 5.31. The number of anilines is 4. The molecule has 0 saturated heterocycles. The molecule has 4 amide bonds. The van der Waals surface area contributed by atoms with E-state index < -0.39 is 47.9 Å². The topological polar surface area (TPSA) is 249 Å². The Balaban J connectivity index is 1.16. The molecule has 0 aromatic heterocycles. The summed E-state index contributed by atoms with van der Waals surface area (Å²) in [7, 11) is -9.54. The van der Waals surface area contributed by atoms with Crippen LogP contribution >= 0.6 is 0 Å². The number of phenolic OH excluding ortho intramolecular Hbond substituents is 2. The third kappa shape index (κ3) is 7.92. The molecule has 6 aromatic carbocycles. The number of rotatable bonds is 8. The quantitative estimate of drug-likeness (QED) is 0.0834. The lowest BCUT2D eigenvalue weighted by Gasteiger charge is -2.13. The van der Waals surface area contributed by atoms with Gasteiger partial charge in [-0.25, -0.2) is 4.79 Å². The number of nitrogens with one attached hydrogen (secondary N) is 4. The van der Waals surface area contributed by atoms with Gasteiger partial charge in [0.15, 0.2) is 0 Å². The van der Waals surface area contributed by atoms with E-state index in [9.17, 15) is 50.5 Å². The van der Waals surface area contributed by atoms with Crippen LogP contribution in [0.5, 0.6) is 11.5 Å². The highest BCUT2D eigenvalue weighted by molar-refractivity contribution is 7.86. The number of amides is 4. The molecule has 0 unspecified atom stereocenters. The number of hydrogen-bond acceptors (Lipinski definition) is 9. The fraction of sp³-hybridized carbons (Fsp3) is 0. The van der Waals surface area contributed by atoms with Crippen LogP contribution in [0.4, 0.5) is 27.5 Å². The molecule has 0 fully saturated rings. The van der Waals surface area contributed by atoms with Crippen molar-refractivity contribution < 1.29 is 50.5 Å². The lowest BCUT2D eigenvalue weighted by atomic mass is 10.1. The number of urea groups is 1. The first-order valence-electron chi connectivity index (χ1n) is 14.9. The average molecular weight is 743 g/mol. The van der Waals surface area contributed by atoms with E-state index in [-0.39, 0.29) is 45.4 Å². The Labute approximate surface area is 295 Å². The van der Waals surface area contributed by atoms with E-state index in [1.807, 2.05) is 0 Å². The highest BCUT2D eigenvalue weighted by Gasteiger charge is 2.21. The molecule has 0 saturated carbocycles. The van der Waals surface area contributed by atoms with Crippen LogP contribution in [0.1, 0.15) is 20.7 Å². The standard InChI is InChI=1S/C35H26N4O11S2/c40-27-9-7-19-17-31(51(45,46)47)29(15-23(19)13-27)38-33(42)21-3-1-5-25(11-21)36-35(44)37-26-6-2-4-22(12-26)34(43)39-30-16-24-14-28(41)10-8-20(24)18-32(30)52(48,49)50/h1-18,40-41H,(H,38,42)(H,39,43)(H2,36,37,44)(H,45,46,47)(H,48,49,50). The summed E-state index contributed by atoms with van der Waals surface area (Å²) in [6, 6.07) is 23.6. The molecule has 8 N–H and O–H groups in total. The van der Waals surface area contributed by atoms with Crippen molar-refractivity contribution in [1.29, 1.82) is 0 Å². The van der Waals surface area contributed by atoms with Crippen molar-refractivity contribution in [3.63, 3.8) is 0 Å². The second-order valence-electron chi connectivity index (χ2n) is 11.4. The van der Waals surface area contributed by atoms with Crippen molar-refractivity contribution >= 4 is 82.4 Å². The van der Waals surface area contributed by atoms with Crippen LogP contribution in [-0.4, -0.2) is 54.0 Å². The van der Waals surface area contributed by atoms with Gasteiger partial charge in [-0.3, -0.25) is 18.7 Å². The maximum absolute atomic E-state index is 13.2. The Morgan fingerprint density at radius 1 is 0.462 bits per heavy atom. The van der Waals surface area contributed by atoms with Crippen LogP contribution in [-0.2, 0) is 20.2 Å². The Morgan fingerprint density at radius 2 is 0.865 bits per heavy atom. The minimum absolute atomic E-state index is 0.00179. The molecule has 0 aliphatic carbocycles. The zero-order valence-corrected chi connectivity index (χ0v) is 28.0. The monoisotopic (exact) mass is 742 g/mol. The van der Waals surface area contributed by atoms with Gasteiger partial charge in [0, 0.05) is 22.5 Å². The molecular weight excluding hydrogens is 717 g/mol. The molecule has 6 rings (SSSR count). The lowest BCUT2D eigenvalue weighted by Crippen LogP contribution is -2.21. The number of aromatic hydroxyl groups is 2. The maximum Gasteiger partial charge on any atom is 0.323 e. The van der Waals surface area contributed by atoms with Gasteiger partial charge in [-0.15, -0.1) is 0 Å².